The number of hydrogen-bond donors (Lipinski definition) is 1. The number of allylic oxidation sites excluding steroid dienone is 1. The molecular weight excluding hydrogens is 139 g/mol. The molecule has 0 aromatic carbocycles. The average Bonchev–Trinajstić information content (AvgIpc) is 1.63. The molecule has 3 nitrogen and oxygen atoms in total. The van der Waals surface area contributed by atoms with Gasteiger partial charge in [0.25, 0.3) is 0 Å². The van der Waals surface area contributed by atoms with E-state index in [1.807, 2.05) is 6.92 Å². The summed E-state index contributed by atoms with van der Waals surface area (Å²) in [5.41, 5.74) is 0. The zero-order valence-corrected chi connectivity index (χ0v) is 6.47. The van der Waals surface area contributed by atoms with Gasteiger partial charge in [-0.15, -0.1) is 0 Å². The standard InChI is InChI=1S/C5H11O3P/c1-3-4-5-8-9(2,6)7/h3-4H,5H2,1-2H3,(H,6,7). The van der Waals surface area contributed by atoms with E-state index in [0.29, 0.717) is 0 Å². The van der Waals surface area contributed by atoms with Gasteiger partial charge < -0.3 is 9.42 Å². The SMILES string of the molecule is CC=CCOP(C)(=O)O. The molecule has 0 rings (SSSR count). The van der Waals surface area contributed by atoms with Gasteiger partial charge in [-0.05, 0) is 6.92 Å². The van der Waals surface area contributed by atoms with Crippen LogP contribution in [-0.2, 0) is 9.09 Å². The highest BCUT2D eigenvalue weighted by molar-refractivity contribution is 7.51. The van der Waals surface area contributed by atoms with E-state index < -0.39 is 7.60 Å². The summed E-state index contributed by atoms with van der Waals surface area (Å²) in [6.07, 6.45) is 3.43. The fourth-order valence-corrected chi connectivity index (χ4v) is 0.640. The Morgan fingerprint density at radius 2 is 2.33 bits per heavy atom. The zero-order valence-electron chi connectivity index (χ0n) is 5.57. The Kier molecular flexibility index (Phi) is 3.78. The second-order valence-electron chi connectivity index (χ2n) is 1.67. The van der Waals surface area contributed by atoms with E-state index in [9.17, 15) is 4.57 Å². The van der Waals surface area contributed by atoms with Gasteiger partial charge in [-0.25, -0.2) is 0 Å². The summed E-state index contributed by atoms with van der Waals surface area (Å²) >= 11 is 0. The molecule has 0 radical (unpaired) electrons. The first-order valence-corrected chi connectivity index (χ1v) is 4.64. The van der Waals surface area contributed by atoms with Crippen LogP contribution in [0.3, 0.4) is 0 Å². The van der Waals surface area contributed by atoms with E-state index in [-0.39, 0.29) is 6.61 Å². The van der Waals surface area contributed by atoms with E-state index >= 15 is 0 Å². The Hall–Kier alpha value is -0.110. The van der Waals surface area contributed by atoms with Crippen molar-refractivity contribution in [3.63, 3.8) is 0 Å². The van der Waals surface area contributed by atoms with Crippen molar-refractivity contribution in [3.8, 4) is 0 Å². The maximum absolute atomic E-state index is 10.4. The van der Waals surface area contributed by atoms with Gasteiger partial charge in [-0.1, -0.05) is 12.2 Å². The summed E-state index contributed by atoms with van der Waals surface area (Å²) in [5.74, 6) is 0. The third-order valence-corrected chi connectivity index (χ3v) is 1.27. The van der Waals surface area contributed by atoms with Gasteiger partial charge >= 0.3 is 7.60 Å². The van der Waals surface area contributed by atoms with Crippen LogP contribution in [0.25, 0.3) is 0 Å². The van der Waals surface area contributed by atoms with Gasteiger partial charge in [0.1, 0.15) is 0 Å². The van der Waals surface area contributed by atoms with Gasteiger partial charge in [0.15, 0.2) is 0 Å². The van der Waals surface area contributed by atoms with Crippen LogP contribution < -0.4 is 0 Å². The van der Waals surface area contributed by atoms with Gasteiger partial charge in [0.2, 0.25) is 0 Å². The van der Waals surface area contributed by atoms with Crippen LogP contribution in [0.1, 0.15) is 6.92 Å². The highest BCUT2D eigenvalue weighted by atomic mass is 31.2. The third kappa shape index (κ3) is 7.89. The Labute approximate surface area is 54.9 Å². The molecule has 1 unspecified atom stereocenters. The minimum absolute atomic E-state index is 0.209. The van der Waals surface area contributed by atoms with Crippen molar-refractivity contribution < 1.29 is 14.0 Å². The highest BCUT2D eigenvalue weighted by Crippen LogP contribution is 2.35. The van der Waals surface area contributed by atoms with E-state index in [2.05, 4.69) is 4.52 Å². The van der Waals surface area contributed by atoms with Gasteiger partial charge in [0, 0.05) is 6.66 Å². The van der Waals surface area contributed by atoms with Crippen molar-refractivity contribution in [2.45, 2.75) is 6.92 Å². The minimum atomic E-state index is -3.25. The summed E-state index contributed by atoms with van der Waals surface area (Å²) in [4.78, 5) is 8.54. The quantitative estimate of drug-likeness (QED) is 0.488. The molecule has 9 heavy (non-hydrogen) atoms. The van der Waals surface area contributed by atoms with Crippen LogP contribution in [-0.4, -0.2) is 18.2 Å². The lowest BCUT2D eigenvalue weighted by Gasteiger charge is -2.01. The monoisotopic (exact) mass is 150 g/mol. The van der Waals surface area contributed by atoms with E-state index in [0.717, 1.165) is 6.66 Å². The van der Waals surface area contributed by atoms with Crippen LogP contribution in [0, 0.1) is 0 Å². The molecule has 0 aromatic rings. The smallest absolute Gasteiger partial charge is 0.324 e. The summed E-state index contributed by atoms with van der Waals surface area (Å²) in [5, 5.41) is 0. The second-order valence-corrected chi connectivity index (χ2v) is 3.53. The summed E-state index contributed by atoms with van der Waals surface area (Å²) in [6, 6.07) is 0. The van der Waals surface area contributed by atoms with Crippen LogP contribution in [0.4, 0.5) is 0 Å². The lowest BCUT2D eigenvalue weighted by molar-refractivity contribution is 0.293. The maximum Gasteiger partial charge on any atom is 0.325 e. The summed E-state index contributed by atoms with van der Waals surface area (Å²) in [7, 11) is -3.25. The summed E-state index contributed by atoms with van der Waals surface area (Å²) < 4.78 is 14.9. The molecule has 0 spiro atoms. The molecule has 0 fully saturated rings. The van der Waals surface area contributed by atoms with E-state index in [1.165, 1.54) is 0 Å². The molecule has 54 valence electrons. The van der Waals surface area contributed by atoms with Crippen molar-refractivity contribution in [1.82, 2.24) is 0 Å². The van der Waals surface area contributed by atoms with Crippen molar-refractivity contribution >= 4 is 7.60 Å². The van der Waals surface area contributed by atoms with Crippen LogP contribution in [0.5, 0.6) is 0 Å². The lowest BCUT2D eigenvalue weighted by atomic mass is 10.6. The second kappa shape index (κ2) is 3.83. The lowest BCUT2D eigenvalue weighted by Crippen LogP contribution is -1.86. The van der Waals surface area contributed by atoms with Crippen LogP contribution >= 0.6 is 7.60 Å². The fourth-order valence-electron chi connectivity index (χ4n) is 0.278. The average molecular weight is 150 g/mol. The molecule has 1 N–H and O–H groups in total. The molecule has 0 aliphatic carbocycles. The zero-order chi connectivity index (χ0) is 7.33. The fraction of sp³-hybridized carbons (Fsp3) is 0.600. The van der Waals surface area contributed by atoms with Crippen molar-refractivity contribution in [2.24, 2.45) is 0 Å². The molecule has 4 heteroatoms. The molecule has 0 aliphatic heterocycles. The van der Waals surface area contributed by atoms with Crippen molar-refractivity contribution in [2.75, 3.05) is 13.3 Å². The highest BCUT2D eigenvalue weighted by Gasteiger charge is 2.06. The molecule has 1 atom stereocenters. The number of rotatable bonds is 3. The topological polar surface area (TPSA) is 46.5 Å². The third-order valence-electron chi connectivity index (χ3n) is 0.646. The summed E-state index contributed by atoms with van der Waals surface area (Å²) in [6.45, 7) is 3.19. The van der Waals surface area contributed by atoms with Crippen LogP contribution in [0.2, 0.25) is 0 Å². The van der Waals surface area contributed by atoms with E-state index in [1.54, 1.807) is 12.2 Å². The molecular formula is C5H11O3P. The normalized spacial score (nSPS) is 18.1. The molecule has 0 saturated carbocycles. The van der Waals surface area contributed by atoms with Gasteiger partial charge in [-0.2, -0.15) is 0 Å². The molecule has 0 saturated heterocycles. The predicted molar refractivity (Wildman–Crippen MR) is 36.5 cm³/mol. The van der Waals surface area contributed by atoms with E-state index in [4.69, 9.17) is 4.89 Å². The van der Waals surface area contributed by atoms with Crippen molar-refractivity contribution in [3.05, 3.63) is 12.2 Å². The minimum Gasteiger partial charge on any atom is -0.324 e. The molecule has 0 aliphatic rings. The number of hydrogen-bond acceptors (Lipinski definition) is 2. The molecule has 0 bridgehead atoms. The molecule has 0 heterocycles. The Morgan fingerprint density at radius 3 is 2.67 bits per heavy atom. The first-order chi connectivity index (χ1) is 4.06. The van der Waals surface area contributed by atoms with Crippen LogP contribution in [0.15, 0.2) is 12.2 Å². The Morgan fingerprint density at radius 1 is 1.78 bits per heavy atom. The first kappa shape index (κ1) is 8.89. The first-order valence-electron chi connectivity index (χ1n) is 2.62. The largest absolute Gasteiger partial charge is 0.325 e. The van der Waals surface area contributed by atoms with Gasteiger partial charge in [-0.3, -0.25) is 4.57 Å². The Balaban J connectivity index is 3.40. The predicted octanol–water partition coefficient (Wildman–Crippen LogP) is 1.39. The Bertz CT molecular complexity index is 135. The van der Waals surface area contributed by atoms with Crippen molar-refractivity contribution in [1.29, 1.82) is 0 Å². The molecule has 0 amide bonds. The molecule has 0 aromatic heterocycles. The van der Waals surface area contributed by atoms with Gasteiger partial charge in [0.05, 0.1) is 6.61 Å². The maximum atomic E-state index is 10.4.